The number of hydrogen-bond donors (Lipinski definition) is 1. The van der Waals surface area contributed by atoms with Crippen LogP contribution in [0.5, 0.6) is 0 Å². The minimum absolute atomic E-state index is 0.0959. The Labute approximate surface area is 174 Å². The fourth-order valence-corrected chi connectivity index (χ4v) is 4.15. The van der Waals surface area contributed by atoms with E-state index in [2.05, 4.69) is 34.1 Å². The molecule has 0 spiro atoms. The monoisotopic (exact) mass is 403 g/mol. The minimum atomic E-state index is -0.459. The number of carbonyl (C=O) groups excluding carboxylic acids is 2. The van der Waals surface area contributed by atoms with Gasteiger partial charge in [-0.15, -0.1) is 0 Å². The fourth-order valence-electron chi connectivity index (χ4n) is 3.84. The number of carbonyl (C=O) groups is 2. The first kappa shape index (κ1) is 19.1. The van der Waals surface area contributed by atoms with Gasteiger partial charge in [0.25, 0.3) is 11.8 Å². The molecule has 0 atom stereocenters. The second-order valence-electron chi connectivity index (χ2n) is 7.03. The van der Waals surface area contributed by atoms with Gasteiger partial charge in [-0.25, -0.2) is 0 Å². The summed E-state index contributed by atoms with van der Waals surface area (Å²) in [4.78, 5) is 26.5. The molecule has 1 aliphatic rings. The van der Waals surface area contributed by atoms with Crippen LogP contribution in [-0.2, 0) is 9.59 Å². The van der Waals surface area contributed by atoms with Crippen molar-refractivity contribution in [3.05, 3.63) is 71.1 Å². The van der Waals surface area contributed by atoms with E-state index in [9.17, 15) is 9.59 Å². The Morgan fingerprint density at radius 3 is 2.55 bits per heavy atom. The molecule has 0 radical (unpaired) electrons. The summed E-state index contributed by atoms with van der Waals surface area (Å²) in [6, 6.07) is 16.4. The third kappa shape index (κ3) is 3.15. The lowest BCUT2D eigenvalue weighted by atomic mass is 10.1. The van der Waals surface area contributed by atoms with Crippen molar-refractivity contribution in [1.29, 1.82) is 0 Å². The van der Waals surface area contributed by atoms with Gasteiger partial charge in [-0.3, -0.25) is 19.8 Å². The van der Waals surface area contributed by atoms with Gasteiger partial charge < -0.3 is 4.57 Å². The van der Waals surface area contributed by atoms with Gasteiger partial charge in [0.05, 0.1) is 5.69 Å². The quantitative estimate of drug-likeness (QED) is 0.410. The fraction of sp³-hybridized carbons (Fsp3) is 0.174. The molecule has 0 saturated carbocycles. The second kappa shape index (κ2) is 7.29. The number of hydrogen-bond acceptors (Lipinski definition) is 3. The van der Waals surface area contributed by atoms with Crippen LogP contribution in [0.15, 0.2) is 54.1 Å². The summed E-state index contributed by atoms with van der Waals surface area (Å²) in [6.07, 6.45) is 1.66. The van der Waals surface area contributed by atoms with E-state index in [4.69, 9.17) is 12.2 Å². The maximum absolute atomic E-state index is 12.7. The van der Waals surface area contributed by atoms with Crippen molar-refractivity contribution >= 4 is 46.0 Å². The summed E-state index contributed by atoms with van der Waals surface area (Å²) in [6.45, 7) is 6.25. The van der Waals surface area contributed by atoms with Crippen molar-refractivity contribution in [2.45, 2.75) is 20.8 Å². The molecule has 5 nitrogen and oxygen atoms in total. The zero-order valence-corrected chi connectivity index (χ0v) is 17.3. The summed E-state index contributed by atoms with van der Waals surface area (Å²) in [5.41, 5.74) is 3.98. The van der Waals surface area contributed by atoms with Gasteiger partial charge in [0, 0.05) is 23.3 Å². The number of aryl methyl sites for hydroxylation is 1. The first-order chi connectivity index (χ1) is 13.9. The van der Waals surface area contributed by atoms with Crippen molar-refractivity contribution in [2.24, 2.45) is 0 Å². The maximum atomic E-state index is 12.7. The molecule has 1 fully saturated rings. The number of nitrogens with one attached hydrogen (secondary N) is 1. The number of rotatable bonds is 3. The molecule has 1 aromatic heterocycles. The van der Waals surface area contributed by atoms with Gasteiger partial charge in [-0.05, 0) is 62.1 Å². The van der Waals surface area contributed by atoms with Gasteiger partial charge in [-0.1, -0.05) is 36.4 Å². The Hall–Kier alpha value is -3.25. The molecule has 1 aliphatic heterocycles. The van der Waals surface area contributed by atoms with Crippen LogP contribution in [-0.4, -0.2) is 32.9 Å². The summed E-state index contributed by atoms with van der Waals surface area (Å²) in [7, 11) is 0. The van der Waals surface area contributed by atoms with Gasteiger partial charge in [0.15, 0.2) is 5.11 Å². The number of nitrogens with zero attached hydrogens (tertiary/aromatic N) is 2. The van der Waals surface area contributed by atoms with Crippen LogP contribution in [0, 0.1) is 13.8 Å². The number of likely N-dealkylation sites (N-methyl/N-ethyl adjacent to an activating group) is 1. The van der Waals surface area contributed by atoms with E-state index in [-0.39, 0.29) is 16.6 Å². The SMILES string of the molecule is CCN1C(=O)/C(=C/c2cc(C)n(-c3cccc4ccccc34)c2C)C(=O)NC1=S. The van der Waals surface area contributed by atoms with Crippen LogP contribution in [0.4, 0.5) is 0 Å². The highest BCUT2D eigenvalue weighted by Crippen LogP contribution is 2.28. The van der Waals surface area contributed by atoms with Crippen molar-refractivity contribution in [2.75, 3.05) is 6.54 Å². The Morgan fingerprint density at radius 2 is 1.79 bits per heavy atom. The van der Waals surface area contributed by atoms with Gasteiger partial charge >= 0.3 is 0 Å². The Kier molecular flexibility index (Phi) is 4.80. The standard InChI is InChI=1S/C23H21N3O2S/c1-4-25-22(28)19(21(27)24-23(25)29)13-17-12-14(2)26(15(17)3)20-11-7-9-16-8-5-6-10-18(16)20/h5-13H,4H2,1-3H3,(H,24,27,29)/b19-13+. The van der Waals surface area contributed by atoms with Gasteiger partial charge in [-0.2, -0.15) is 0 Å². The van der Waals surface area contributed by atoms with E-state index < -0.39 is 5.91 Å². The minimum Gasteiger partial charge on any atom is -0.317 e. The number of aromatic nitrogens is 1. The van der Waals surface area contributed by atoms with E-state index in [0.717, 1.165) is 33.4 Å². The molecule has 29 heavy (non-hydrogen) atoms. The largest absolute Gasteiger partial charge is 0.317 e. The predicted molar refractivity (Wildman–Crippen MR) is 119 cm³/mol. The number of fused-ring (bicyclic) bond motifs is 1. The summed E-state index contributed by atoms with van der Waals surface area (Å²) in [5, 5.41) is 5.06. The van der Waals surface area contributed by atoms with Crippen molar-refractivity contribution < 1.29 is 9.59 Å². The Bertz CT molecular complexity index is 1200. The van der Waals surface area contributed by atoms with E-state index in [0.29, 0.717) is 6.54 Å². The molecule has 4 rings (SSSR count). The number of benzene rings is 2. The third-order valence-electron chi connectivity index (χ3n) is 5.28. The third-order valence-corrected chi connectivity index (χ3v) is 5.60. The van der Waals surface area contributed by atoms with Crippen molar-refractivity contribution in [3.63, 3.8) is 0 Å². The number of thiocarbonyl (C=S) groups is 1. The van der Waals surface area contributed by atoms with E-state index in [1.807, 2.05) is 45.0 Å². The van der Waals surface area contributed by atoms with E-state index in [1.165, 1.54) is 4.90 Å². The molecular weight excluding hydrogens is 382 g/mol. The van der Waals surface area contributed by atoms with Crippen LogP contribution in [0.3, 0.4) is 0 Å². The van der Waals surface area contributed by atoms with Crippen LogP contribution < -0.4 is 5.32 Å². The normalized spacial score (nSPS) is 16.0. The summed E-state index contributed by atoms with van der Waals surface area (Å²) in [5.74, 6) is -0.823. The first-order valence-corrected chi connectivity index (χ1v) is 9.89. The average Bonchev–Trinajstić information content (AvgIpc) is 2.98. The lowest BCUT2D eigenvalue weighted by molar-refractivity contribution is -0.128. The highest BCUT2D eigenvalue weighted by Gasteiger charge is 2.32. The zero-order chi connectivity index (χ0) is 20.7. The second-order valence-corrected chi connectivity index (χ2v) is 7.41. The first-order valence-electron chi connectivity index (χ1n) is 9.48. The summed E-state index contributed by atoms with van der Waals surface area (Å²) >= 11 is 5.10. The highest BCUT2D eigenvalue weighted by atomic mass is 32.1. The van der Waals surface area contributed by atoms with Crippen molar-refractivity contribution in [1.82, 2.24) is 14.8 Å². The molecule has 2 aromatic carbocycles. The Balaban J connectivity index is 1.84. The molecule has 146 valence electrons. The molecule has 6 heteroatoms. The van der Waals surface area contributed by atoms with Crippen molar-refractivity contribution in [3.8, 4) is 5.69 Å². The number of amides is 2. The molecule has 2 amide bonds. The van der Waals surface area contributed by atoms with Crippen LogP contribution in [0.1, 0.15) is 23.9 Å². The molecule has 3 aromatic rings. The topological polar surface area (TPSA) is 54.3 Å². The lowest BCUT2D eigenvalue weighted by Gasteiger charge is -2.27. The maximum Gasteiger partial charge on any atom is 0.265 e. The molecule has 0 aliphatic carbocycles. The van der Waals surface area contributed by atoms with Crippen LogP contribution >= 0.6 is 12.2 Å². The average molecular weight is 404 g/mol. The molecule has 1 N–H and O–H groups in total. The highest BCUT2D eigenvalue weighted by molar-refractivity contribution is 7.80. The van der Waals surface area contributed by atoms with Gasteiger partial charge in [0.1, 0.15) is 5.57 Å². The summed E-state index contributed by atoms with van der Waals surface area (Å²) < 4.78 is 2.15. The molecular formula is C23H21N3O2S. The lowest BCUT2D eigenvalue weighted by Crippen LogP contribution is -2.53. The van der Waals surface area contributed by atoms with E-state index in [1.54, 1.807) is 6.08 Å². The predicted octanol–water partition coefficient (Wildman–Crippen LogP) is 3.89. The van der Waals surface area contributed by atoms with E-state index >= 15 is 0 Å². The molecule has 0 unspecified atom stereocenters. The molecule has 2 heterocycles. The Morgan fingerprint density at radius 1 is 1.07 bits per heavy atom. The van der Waals surface area contributed by atoms with Gasteiger partial charge in [0.2, 0.25) is 0 Å². The smallest absolute Gasteiger partial charge is 0.265 e. The van der Waals surface area contributed by atoms with Crippen LogP contribution in [0.2, 0.25) is 0 Å². The van der Waals surface area contributed by atoms with Crippen LogP contribution in [0.25, 0.3) is 22.5 Å². The molecule has 1 saturated heterocycles. The molecule has 0 bridgehead atoms. The zero-order valence-electron chi connectivity index (χ0n) is 16.5.